The number of carbonyl (C=O) groups excluding carboxylic acids is 1. The van der Waals surface area contributed by atoms with E-state index >= 15 is 0 Å². The number of thiazole rings is 1. The van der Waals surface area contributed by atoms with Crippen LogP contribution in [0.4, 0.5) is 16.5 Å². The number of amides is 1. The van der Waals surface area contributed by atoms with Gasteiger partial charge in [-0.05, 0) is 61.4 Å². The van der Waals surface area contributed by atoms with Crippen LogP contribution in [0.5, 0.6) is 5.75 Å². The lowest BCUT2D eigenvalue weighted by molar-refractivity contribution is -0.116. The smallest absolute Gasteiger partial charge is 0.225 e. The molecule has 1 fully saturated rings. The minimum atomic E-state index is -1.36. The summed E-state index contributed by atoms with van der Waals surface area (Å²) < 4.78 is 20.1. The predicted molar refractivity (Wildman–Crippen MR) is 148 cm³/mol. The van der Waals surface area contributed by atoms with Crippen LogP contribution in [0.1, 0.15) is 17.5 Å². The molecule has 0 aliphatic carbocycles. The standard InChI is InChI=1S/C26H33N5O3S2/c1-19-17-23(34-4)18-20(2)25(19)36(33)29(3)11-9-24(32)28-21-5-7-22(8-6-21)30-12-14-31(15-13-30)26-27-10-16-35-26/h5-8,10,16-18H,9,11-15H2,1-4H3,(H,28,32). The second-order valence-electron chi connectivity index (χ2n) is 8.82. The summed E-state index contributed by atoms with van der Waals surface area (Å²) in [5, 5.41) is 6.04. The van der Waals surface area contributed by atoms with Gasteiger partial charge in [0.1, 0.15) is 16.7 Å². The topological polar surface area (TPSA) is 78.0 Å². The molecule has 1 amide bonds. The maximum absolute atomic E-state index is 13.1. The van der Waals surface area contributed by atoms with Gasteiger partial charge in [0, 0.05) is 69.1 Å². The Bertz CT molecular complexity index is 1170. The van der Waals surface area contributed by atoms with Gasteiger partial charge in [-0.1, -0.05) is 0 Å². The Morgan fingerprint density at radius 2 is 1.75 bits per heavy atom. The van der Waals surface area contributed by atoms with Gasteiger partial charge >= 0.3 is 0 Å². The summed E-state index contributed by atoms with van der Waals surface area (Å²) in [7, 11) is 2.04. The van der Waals surface area contributed by atoms with Gasteiger partial charge in [-0.25, -0.2) is 13.5 Å². The van der Waals surface area contributed by atoms with Crippen LogP contribution in [-0.4, -0.2) is 66.3 Å². The number of hydrogen-bond acceptors (Lipinski definition) is 7. The number of methoxy groups -OCH3 is 1. The molecule has 4 rings (SSSR count). The molecule has 36 heavy (non-hydrogen) atoms. The third-order valence-corrected chi connectivity index (χ3v) is 8.84. The summed E-state index contributed by atoms with van der Waals surface area (Å²) in [6, 6.07) is 11.7. The molecule has 0 saturated carbocycles. The molecule has 3 aromatic rings. The monoisotopic (exact) mass is 527 g/mol. The van der Waals surface area contributed by atoms with Gasteiger partial charge in [-0.3, -0.25) is 4.79 Å². The highest BCUT2D eigenvalue weighted by molar-refractivity contribution is 7.82. The Balaban J connectivity index is 1.26. The van der Waals surface area contributed by atoms with Crippen LogP contribution in [0.25, 0.3) is 0 Å². The fourth-order valence-corrected chi connectivity index (χ4v) is 6.24. The Kier molecular flexibility index (Phi) is 8.60. The molecule has 2 aromatic carbocycles. The van der Waals surface area contributed by atoms with E-state index in [1.807, 2.05) is 61.8 Å². The Labute approximate surface area is 219 Å². The summed E-state index contributed by atoms with van der Waals surface area (Å²) in [4.78, 5) is 22.4. The highest BCUT2D eigenvalue weighted by Gasteiger charge is 2.20. The summed E-state index contributed by atoms with van der Waals surface area (Å²) >= 11 is 1.67. The molecule has 0 radical (unpaired) electrons. The van der Waals surface area contributed by atoms with Gasteiger partial charge in [-0.2, -0.15) is 0 Å². The second kappa shape index (κ2) is 11.9. The van der Waals surface area contributed by atoms with E-state index in [1.165, 1.54) is 0 Å². The number of rotatable bonds is 9. The first-order valence-corrected chi connectivity index (χ1v) is 13.9. The van der Waals surface area contributed by atoms with Crippen molar-refractivity contribution in [1.82, 2.24) is 9.29 Å². The van der Waals surface area contributed by atoms with Crippen molar-refractivity contribution in [3.05, 3.63) is 59.1 Å². The minimum Gasteiger partial charge on any atom is -0.497 e. The summed E-state index contributed by atoms with van der Waals surface area (Å²) in [5.74, 6) is 0.642. The molecule has 1 aliphatic heterocycles. The van der Waals surface area contributed by atoms with Gasteiger partial charge in [0.05, 0.1) is 12.0 Å². The zero-order valence-electron chi connectivity index (χ0n) is 21.2. The molecule has 1 saturated heterocycles. The van der Waals surface area contributed by atoms with Gasteiger partial charge in [0.2, 0.25) is 5.91 Å². The second-order valence-corrected chi connectivity index (χ2v) is 11.2. The molecular formula is C26H33N5O3S2. The lowest BCUT2D eigenvalue weighted by Crippen LogP contribution is -2.46. The average molecular weight is 528 g/mol. The minimum absolute atomic E-state index is 0.105. The van der Waals surface area contributed by atoms with E-state index < -0.39 is 11.0 Å². The van der Waals surface area contributed by atoms with E-state index in [9.17, 15) is 9.00 Å². The molecule has 1 aliphatic rings. The molecule has 1 unspecified atom stereocenters. The van der Waals surface area contributed by atoms with Crippen molar-refractivity contribution in [2.24, 2.45) is 0 Å². The van der Waals surface area contributed by atoms with E-state index in [1.54, 1.807) is 29.8 Å². The molecule has 192 valence electrons. The quantitative estimate of drug-likeness (QED) is 0.452. The van der Waals surface area contributed by atoms with Crippen molar-refractivity contribution in [2.75, 3.05) is 62.0 Å². The summed E-state index contributed by atoms with van der Waals surface area (Å²) in [6.07, 6.45) is 2.09. The largest absolute Gasteiger partial charge is 0.497 e. The first-order valence-electron chi connectivity index (χ1n) is 11.9. The van der Waals surface area contributed by atoms with Crippen molar-refractivity contribution < 1.29 is 13.7 Å². The van der Waals surface area contributed by atoms with E-state index in [-0.39, 0.29) is 12.3 Å². The van der Waals surface area contributed by atoms with Crippen LogP contribution in [0.2, 0.25) is 0 Å². The number of carbonyl (C=O) groups is 1. The SMILES string of the molecule is COc1cc(C)c(S(=O)N(C)CCC(=O)Nc2ccc(N3CCN(c4nccs4)CC3)cc2)c(C)c1. The van der Waals surface area contributed by atoms with E-state index in [2.05, 4.69) is 20.1 Å². The molecule has 8 nitrogen and oxygen atoms in total. The molecule has 1 N–H and O–H groups in total. The number of aryl methyl sites for hydroxylation is 2. The number of nitrogens with zero attached hydrogens (tertiary/aromatic N) is 4. The summed E-state index contributed by atoms with van der Waals surface area (Å²) in [5.41, 5.74) is 3.72. The lowest BCUT2D eigenvalue weighted by Gasteiger charge is -2.36. The zero-order chi connectivity index (χ0) is 25.7. The van der Waals surface area contributed by atoms with Gasteiger partial charge in [-0.15, -0.1) is 11.3 Å². The molecule has 1 aromatic heterocycles. The van der Waals surface area contributed by atoms with Crippen molar-refractivity contribution in [3.63, 3.8) is 0 Å². The van der Waals surface area contributed by atoms with E-state index in [4.69, 9.17) is 4.74 Å². The fourth-order valence-electron chi connectivity index (χ4n) is 4.31. The number of aromatic nitrogens is 1. The van der Waals surface area contributed by atoms with Gasteiger partial charge in [0.25, 0.3) is 0 Å². The predicted octanol–water partition coefficient (Wildman–Crippen LogP) is 4.08. The maximum atomic E-state index is 13.1. The van der Waals surface area contributed by atoms with Crippen LogP contribution in [0.15, 0.2) is 52.9 Å². The summed E-state index contributed by atoms with van der Waals surface area (Å²) in [6.45, 7) is 7.98. The molecule has 10 heteroatoms. The molecule has 1 atom stereocenters. The van der Waals surface area contributed by atoms with E-state index in [0.717, 1.165) is 64.5 Å². The number of nitrogens with one attached hydrogen (secondary N) is 1. The first kappa shape index (κ1) is 26.1. The third kappa shape index (κ3) is 6.24. The zero-order valence-corrected chi connectivity index (χ0v) is 22.8. The van der Waals surface area contributed by atoms with Crippen LogP contribution < -0.4 is 19.9 Å². The number of ether oxygens (including phenoxy) is 1. The van der Waals surface area contributed by atoms with Crippen LogP contribution in [-0.2, 0) is 15.8 Å². The van der Waals surface area contributed by atoms with Crippen LogP contribution >= 0.6 is 11.3 Å². The number of anilines is 3. The fraction of sp³-hybridized carbons (Fsp3) is 0.385. The maximum Gasteiger partial charge on any atom is 0.225 e. The van der Waals surface area contributed by atoms with Gasteiger partial charge < -0.3 is 19.9 Å². The van der Waals surface area contributed by atoms with Crippen LogP contribution in [0, 0.1) is 13.8 Å². The highest BCUT2D eigenvalue weighted by atomic mass is 32.2. The molecule has 0 bridgehead atoms. The first-order chi connectivity index (χ1) is 17.4. The Morgan fingerprint density at radius 3 is 2.33 bits per heavy atom. The highest BCUT2D eigenvalue weighted by Crippen LogP contribution is 2.26. The van der Waals surface area contributed by atoms with E-state index in [0.29, 0.717) is 6.54 Å². The van der Waals surface area contributed by atoms with Crippen LogP contribution in [0.3, 0.4) is 0 Å². The average Bonchev–Trinajstić information content (AvgIpc) is 3.42. The number of benzene rings is 2. The Hall–Kier alpha value is -2.95. The van der Waals surface area contributed by atoms with Crippen molar-refractivity contribution in [3.8, 4) is 5.75 Å². The van der Waals surface area contributed by atoms with Crippen molar-refractivity contribution in [2.45, 2.75) is 25.2 Å². The molecule has 0 spiro atoms. The third-order valence-electron chi connectivity index (χ3n) is 6.27. The Morgan fingerprint density at radius 1 is 1.11 bits per heavy atom. The van der Waals surface area contributed by atoms with Gasteiger partial charge in [0.15, 0.2) is 5.13 Å². The molecular weight excluding hydrogens is 494 g/mol. The number of hydrogen-bond donors (Lipinski definition) is 1. The normalized spacial score (nSPS) is 14.7. The molecule has 2 heterocycles. The lowest BCUT2D eigenvalue weighted by atomic mass is 10.1. The van der Waals surface area contributed by atoms with Crippen molar-refractivity contribution in [1.29, 1.82) is 0 Å². The van der Waals surface area contributed by atoms with Crippen molar-refractivity contribution >= 4 is 44.7 Å². The number of piperazine rings is 1.